The smallest absolute Gasteiger partial charge is 0.229 e. The Kier molecular flexibility index (Phi) is 1.74. The van der Waals surface area contributed by atoms with Crippen molar-refractivity contribution in [3.05, 3.63) is 18.5 Å². The summed E-state index contributed by atoms with van der Waals surface area (Å²) < 4.78 is 0. The van der Waals surface area contributed by atoms with Crippen LogP contribution in [0.2, 0.25) is 0 Å². The van der Waals surface area contributed by atoms with Gasteiger partial charge in [0.2, 0.25) is 11.9 Å². The number of amides is 1. The van der Waals surface area contributed by atoms with Crippen LogP contribution in [0.1, 0.15) is 12.8 Å². The molecule has 0 bridgehead atoms. The monoisotopic (exact) mass is 162 g/mol. The largest absolute Gasteiger partial charge is 0.294 e. The van der Waals surface area contributed by atoms with E-state index >= 15 is 0 Å². The van der Waals surface area contributed by atoms with Crippen molar-refractivity contribution in [1.82, 2.24) is 9.97 Å². The van der Waals surface area contributed by atoms with Gasteiger partial charge in [0.15, 0.2) is 0 Å². The van der Waals surface area contributed by atoms with Gasteiger partial charge in [-0.2, -0.15) is 0 Å². The molecule has 4 nitrogen and oxygen atoms in total. The number of carbonyl (C=O) groups excluding carboxylic acids is 1. The van der Waals surface area contributed by atoms with Crippen LogP contribution in [0.25, 0.3) is 0 Å². The van der Waals surface area contributed by atoms with Gasteiger partial charge in [-0.15, -0.1) is 0 Å². The van der Waals surface area contributed by atoms with Gasteiger partial charge in [-0.1, -0.05) is 0 Å². The first-order valence-corrected chi connectivity index (χ1v) is 3.85. The van der Waals surface area contributed by atoms with Crippen LogP contribution in [-0.4, -0.2) is 15.9 Å². The van der Waals surface area contributed by atoms with E-state index in [1.807, 2.05) is 0 Å². The zero-order valence-electron chi connectivity index (χ0n) is 6.45. The van der Waals surface area contributed by atoms with Crippen molar-refractivity contribution in [3.63, 3.8) is 0 Å². The van der Waals surface area contributed by atoms with E-state index < -0.39 is 0 Å². The minimum absolute atomic E-state index is 0.0289. The molecular formula is C8H8N3O. The van der Waals surface area contributed by atoms with Gasteiger partial charge in [0.25, 0.3) is 0 Å². The van der Waals surface area contributed by atoms with E-state index in [0.717, 1.165) is 12.8 Å². The summed E-state index contributed by atoms with van der Waals surface area (Å²) in [6, 6.07) is 2.68. The first-order valence-electron chi connectivity index (χ1n) is 3.85. The number of rotatable bonds is 2. The molecule has 1 fully saturated rings. The lowest BCUT2D eigenvalue weighted by atomic mass is 10.4. The van der Waals surface area contributed by atoms with Crippen molar-refractivity contribution in [1.29, 1.82) is 0 Å². The Morgan fingerprint density at radius 2 is 2.17 bits per heavy atom. The van der Waals surface area contributed by atoms with Crippen LogP contribution in [0.3, 0.4) is 0 Å². The molecule has 0 unspecified atom stereocenters. The van der Waals surface area contributed by atoms with Crippen LogP contribution in [0.5, 0.6) is 0 Å². The molecule has 0 spiro atoms. The Bertz CT molecular complexity index is 282. The van der Waals surface area contributed by atoms with E-state index in [1.165, 1.54) is 12.4 Å². The average Bonchev–Trinajstić information content (AvgIpc) is 2.88. The Hall–Kier alpha value is -1.45. The van der Waals surface area contributed by atoms with Crippen molar-refractivity contribution >= 4 is 11.9 Å². The summed E-state index contributed by atoms with van der Waals surface area (Å²) in [6.07, 6.45) is 4.95. The molecule has 1 aromatic heterocycles. The molecule has 12 heavy (non-hydrogen) atoms. The van der Waals surface area contributed by atoms with Crippen LogP contribution in [0.4, 0.5) is 5.95 Å². The molecule has 1 radical (unpaired) electrons. The highest BCUT2D eigenvalue weighted by molar-refractivity contribution is 5.92. The quantitative estimate of drug-likeness (QED) is 0.693. The summed E-state index contributed by atoms with van der Waals surface area (Å²) in [6.45, 7) is 0. The molecule has 61 valence electrons. The molecule has 1 aliphatic rings. The molecule has 1 heterocycles. The molecule has 1 saturated carbocycles. The Labute approximate surface area is 70.0 Å². The number of hydrogen-bond donors (Lipinski definition) is 1. The third-order valence-electron chi connectivity index (χ3n) is 1.71. The molecule has 1 aromatic rings. The van der Waals surface area contributed by atoms with Gasteiger partial charge in [0.1, 0.15) is 0 Å². The molecule has 0 aliphatic heterocycles. The maximum absolute atomic E-state index is 11.2. The minimum atomic E-state index is 0.0289. The van der Waals surface area contributed by atoms with E-state index in [-0.39, 0.29) is 11.8 Å². The number of aromatic nitrogens is 2. The molecule has 0 saturated heterocycles. The molecular weight excluding hydrogens is 154 g/mol. The number of nitrogens with zero attached hydrogens (tertiary/aromatic N) is 2. The van der Waals surface area contributed by atoms with E-state index in [1.54, 1.807) is 0 Å². The summed E-state index contributed by atoms with van der Waals surface area (Å²) in [5.74, 6) is 0.588. The number of anilines is 1. The topological polar surface area (TPSA) is 54.9 Å². The molecule has 1 N–H and O–H groups in total. The zero-order valence-corrected chi connectivity index (χ0v) is 6.45. The van der Waals surface area contributed by atoms with Gasteiger partial charge in [0, 0.05) is 24.4 Å². The zero-order chi connectivity index (χ0) is 8.39. The number of carbonyl (C=O) groups is 1. The van der Waals surface area contributed by atoms with Gasteiger partial charge >= 0.3 is 0 Å². The minimum Gasteiger partial charge on any atom is -0.294 e. The van der Waals surface area contributed by atoms with E-state index in [9.17, 15) is 4.79 Å². The predicted molar refractivity (Wildman–Crippen MR) is 42.2 cm³/mol. The third kappa shape index (κ3) is 1.58. The molecule has 2 rings (SSSR count). The van der Waals surface area contributed by atoms with Crippen molar-refractivity contribution in [2.45, 2.75) is 12.8 Å². The second-order valence-electron chi connectivity index (χ2n) is 2.77. The van der Waals surface area contributed by atoms with Crippen LogP contribution in [0, 0.1) is 12.0 Å². The highest BCUT2D eigenvalue weighted by atomic mass is 16.2. The first kappa shape index (κ1) is 7.21. The Balaban J connectivity index is 1.98. The molecule has 4 heteroatoms. The summed E-state index contributed by atoms with van der Waals surface area (Å²) in [4.78, 5) is 18.8. The summed E-state index contributed by atoms with van der Waals surface area (Å²) in [5, 5.41) is 2.62. The molecule has 1 aliphatic carbocycles. The second-order valence-corrected chi connectivity index (χ2v) is 2.77. The van der Waals surface area contributed by atoms with Crippen LogP contribution >= 0.6 is 0 Å². The maximum atomic E-state index is 11.2. The van der Waals surface area contributed by atoms with Crippen molar-refractivity contribution in [2.75, 3.05) is 5.32 Å². The summed E-state index contributed by atoms with van der Waals surface area (Å²) >= 11 is 0. The standard InChI is InChI=1S/C8H8N3O/c12-7(6-2-3-6)11-8-9-4-1-5-10-8/h4-6H,2-3H2,(H,9,10,11,12). The lowest BCUT2D eigenvalue weighted by Crippen LogP contribution is -2.15. The average molecular weight is 162 g/mol. The predicted octanol–water partition coefficient (Wildman–Crippen LogP) is 0.625. The van der Waals surface area contributed by atoms with Gasteiger partial charge < -0.3 is 0 Å². The summed E-state index contributed by atoms with van der Waals surface area (Å²) in [7, 11) is 0. The van der Waals surface area contributed by atoms with Crippen molar-refractivity contribution < 1.29 is 4.79 Å². The van der Waals surface area contributed by atoms with Gasteiger partial charge in [0.05, 0.1) is 0 Å². The molecule has 1 amide bonds. The SMILES string of the molecule is O=C(Nc1nc[c]cn1)C1CC1. The first-order chi connectivity index (χ1) is 5.86. The fourth-order valence-corrected chi connectivity index (χ4v) is 0.886. The van der Waals surface area contributed by atoms with Crippen LogP contribution in [0.15, 0.2) is 12.4 Å². The highest BCUT2D eigenvalue weighted by Crippen LogP contribution is 2.29. The number of hydrogen-bond acceptors (Lipinski definition) is 3. The number of nitrogens with one attached hydrogen (secondary N) is 1. The van der Waals surface area contributed by atoms with Gasteiger partial charge in [-0.3, -0.25) is 10.1 Å². The molecule has 0 aromatic carbocycles. The van der Waals surface area contributed by atoms with Gasteiger partial charge in [-0.05, 0) is 12.8 Å². The lowest BCUT2D eigenvalue weighted by molar-refractivity contribution is -0.117. The van der Waals surface area contributed by atoms with Crippen molar-refractivity contribution in [2.24, 2.45) is 5.92 Å². The van der Waals surface area contributed by atoms with E-state index in [2.05, 4.69) is 21.4 Å². The Morgan fingerprint density at radius 1 is 1.50 bits per heavy atom. The fraction of sp³-hybridized carbons (Fsp3) is 0.375. The lowest BCUT2D eigenvalue weighted by Gasteiger charge is -1.99. The highest BCUT2D eigenvalue weighted by Gasteiger charge is 2.29. The van der Waals surface area contributed by atoms with Crippen LogP contribution in [-0.2, 0) is 4.79 Å². The normalized spacial score (nSPS) is 15.7. The maximum Gasteiger partial charge on any atom is 0.229 e. The van der Waals surface area contributed by atoms with E-state index in [0.29, 0.717) is 5.95 Å². The van der Waals surface area contributed by atoms with Gasteiger partial charge in [-0.25, -0.2) is 9.97 Å². The second kappa shape index (κ2) is 2.89. The fourth-order valence-electron chi connectivity index (χ4n) is 0.886. The summed E-state index contributed by atoms with van der Waals surface area (Å²) in [5.41, 5.74) is 0. The van der Waals surface area contributed by atoms with E-state index in [4.69, 9.17) is 0 Å². The van der Waals surface area contributed by atoms with Crippen LogP contribution < -0.4 is 5.32 Å². The third-order valence-corrected chi connectivity index (χ3v) is 1.71. The van der Waals surface area contributed by atoms with Crippen molar-refractivity contribution in [3.8, 4) is 0 Å². The Morgan fingerprint density at radius 3 is 2.75 bits per heavy atom. The molecule has 0 atom stereocenters.